The zero-order chi connectivity index (χ0) is 9.26. The fraction of sp³-hybridized carbons (Fsp3) is 0.400. The van der Waals surface area contributed by atoms with Gasteiger partial charge in [-0.05, 0) is 24.5 Å². The second-order valence-corrected chi connectivity index (χ2v) is 3.18. The summed E-state index contributed by atoms with van der Waals surface area (Å²) in [6.45, 7) is 0. The Labute approximate surface area is 76.0 Å². The van der Waals surface area contributed by atoms with Gasteiger partial charge in [0.15, 0.2) is 6.10 Å². The number of aliphatic hydroxyl groups is 1. The van der Waals surface area contributed by atoms with Gasteiger partial charge in [-0.15, -0.1) is 0 Å². The Morgan fingerprint density at radius 2 is 2.23 bits per heavy atom. The Bertz CT molecular complexity index is 299. The largest absolute Gasteiger partial charge is 0.485 e. The maximum Gasteiger partial charge on any atom is 0.233 e. The molecule has 2 unspecified atom stereocenters. The van der Waals surface area contributed by atoms with Crippen molar-refractivity contribution in [1.82, 2.24) is 0 Å². The third-order valence-electron chi connectivity index (χ3n) is 2.26. The van der Waals surface area contributed by atoms with E-state index < -0.39 is 12.5 Å². The van der Waals surface area contributed by atoms with Crippen molar-refractivity contribution in [2.24, 2.45) is 0 Å². The summed E-state index contributed by atoms with van der Waals surface area (Å²) in [5.74, 6) is 0.690. The van der Waals surface area contributed by atoms with Crippen molar-refractivity contribution >= 4 is 0 Å². The molecule has 0 saturated carbocycles. The number of hydrogen-bond donors (Lipinski definition) is 1. The normalized spacial score (nSPS) is 23.1. The number of aryl methyl sites for hydroxylation is 1. The Morgan fingerprint density at radius 3 is 3.00 bits per heavy atom. The van der Waals surface area contributed by atoms with Gasteiger partial charge in [0.1, 0.15) is 5.75 Å². The van der Waals surface area contributed by atoms with E-state index in [0.717, 1.165) is 12.0 Å². The van der Waals surface area contributed by atoms with Crippen LogP contribution in [0.1, 0.15) is 12.0 Å². The Kier molecular flexibility index (Phi) is 2.19. The summed E-state index contributed by atoms with van der Waals surface area (Å²) < 4.78 is 17.8. The van der Waals surface area contributed by atoms with E-state index in [1.165, 1.54) is 0 Å². The highest BCUT2D eigenvalue weighted by Gasteiger charge is 2.25. The molecule has 1 aliphatic rings. The first-order valence-corrected chi connectivity index (χ1v) is 4.34. The smallest absolute Gasteiger partial charge is 0.233 e. The summed E-state index contributed by atoms with van der Waals surface area (Å²) >= 11 is 0. The molecule has 2 rings (SSSR count). The summed E-state index contributed by atoms with van der Waals surface area (Å²) in [5.41, 5.74) is 1.08. The molecule has 1 aromatic carbocycles. The highest BCUT2D eigenvalue weighted by molar-refractivity contribution is 5.35. The molecule has 70 valence electrons. The van der Waals surface area contributed by atoms with Gasteiger partial charge in [-0.3, -0.25) is 0 Å². The molecule has 1 aromatic rings. The predicted octanol–water partition coefficient (Wildman–Crippen LogP) is 1.67. The van der Waals surface area contributed by atoms with E-state index in [-0.39, 0.29) is 0 Å². The van der Waals surface area contributed by atoms with Gasteiger partial charge in [-0.25, -0.2) is 4.39 Å². The van der Waals surface area contributed by atoms with Gasteiger partial charge >= 0.3 is 0 Å². The van der Waals surface area contributed by atoms with Gasteiger partial charge in [0, 0.05) is 0 Å². The lowest BCUT2D eigenvalue weighted by atomic mass is 10.0. The lowest BCUT2D eigenvalue weighted by Gasteiger charge is -2.25. The van der Waals surface area contributed by atoms with Crippen molar-refractivity contribution in [1.29, 1.82) is 0 Å². The van der Waals surface area contributed by atoms with Gasteiger partial charge in [0.25, 0.3) is 0 Å². The lowest BCUT2D eigenvalue weighted by Crippen LogP contribution is -2.31. The van der Waals surface area contributed by atoms with Gasteiger partial charge in [-0.1, -0.05) is 18.2 Å². The lowest BCUT2D eigenvalue weighted by molar-refractivity contribution is -0.0599. The van der Waals surface area contributed by atoms with Crippen molar-refractivity contribution in [3.8, 4) is 5.75 Å². The second-order valence-electron chi connectivity index (χ2n) is 3.18. The number of benzene rings is 1. The molecule has 13 heavy (non-hydrogen) atoms. The quantitative estimate of drug-likeness (QED) is 0.715. The van der Waals surface area contributed by atoms with Gasteiger partial charge in [-0.2, -0.15) is 0 Å². The monoisotopic (exact) mass is 182 g/mol. The molecule has 0 saturated heterocycles. The number of rotatable bonds is 1. The molecule has 0 aromatic heterocycles. The number of para-hydroxylation sites is 1. The van der Waals surface area contributed by atoms with E-state index >= 15 is 0 Å². The third-order valence-corrected chi connectivity index (χ3v) is 2.26. The first-order valence-electron chi connectivity index (χ1n) is 4.34. The van der Waals surface area contributed by atoms with Crippen LogP contribution in [0.5, 0.6) is 5.75 Å². The Balaban J connectivity index is 2.20. The van der Waals surface area contributed by atoms with E-state index in [0.29, 0.717) is 12.2 Å². The topological polar surface area (TPSA) is 29.5 Å². The first kappa shape index (κ1) is 8.51. The molecule has 0 aliphatic carbocycles. The highest BCUT2D eigenvalue weighted by atomic mass is 19.1. The minimum absolute atomic E-state index is 0.536. The maximum absolute atomic E-state index is 12.5. The summed E-state index contributed by atoms with van der Waals surface area (Å²) in [7, 11) is 0. The van der Waals surface area contributed by atoms with E-state index in [9.17, 15) is 4.39 Å². The van der Waals surface area contributed by atoms with E-state index in [4.69, 9.17) is 9.84 Å². The number of hydrogen-bond acceptors (Lipinski definition) is 2. The van der Waals surface area contributed by atoms with Crippen LogP contribution < -0.4 is 4.74 Å². The molecule has 1 N–H and O–H groups in total. The summed E-state index contributed by atoms with van der Waals surface area (Å²) in [5, 5.41) is 8.71. The number of halogens is 1. The number of ether oxygens (including phenoxy) is 1. The zero-order valence-corrected chi connectivity index (χ0v) is 7.11. The van der Waals surface area contributed by atoms with Crippen LogP contribution in [0.15, 0.2) is 24.3 Å². The third kappa shape index (κ3) is 1.65. The minimum atomic E-state index is -1.88. The summed E-state index contributed by atoms with van der Waals surface area (Å²) in [4.78, 5) is 0. The second kappa shape index (κ2) is 3.34. The van der Waals surface area contributed by atoms with Crippen LogP contribution in [0.25, 0.3) is 0 Å². The average molecular weight is 182 g/mol. The van der Waals surface area contributed by atoms with Crippen molar-refractivity contribution < 1.29 is 14.2 Å². The molecule has 1 heterocycles. The molecule has 2 nitrogen and oxygen atoms in total. The standard InChI is InChI=1S/C10H11FO2/c11-10(12)9-6-5-7-3-1-2-4-8(7)13-9/h1-4,9-10,12H,5-6H2. The predicted molar refractivity (Wildman–Crippen MR) is 46.3 cm³/mol. The fourth-order valence-corrected chi connectivity index (χ4v) is 1.54. The van der Waals surface area contributed by atoms with Gasteiger partial charge in [0.05, 0.1) is 0 Å². The van der Waals surface area contributed by atoms with Crippen LogP contribution >= 0.6 is 0 Å². The minimum Gasteiger partial charge on any atom is -0.485 e. The van der Waals surface area contributed by atoms with Crippen molar-refractivity contribution in [2.45, 2.75) is 25.3 Å². The molecule has 2 atom stereocenters. The van der Waals surface area contributed by atoms with Crippen LogP contribution in [0.3, 0.4) is 0 Å². The van der Waals surface area contributed by atoms with Crippen LogP contribution in [-0.2, 0) is 6.42 Å². The Morgan fingerprint density at radius 1 is 1.46 bits per heavy atom. The first-order chi connectivity index (χ1) is 6.27. The molecule has 0 fully saturated rings. The summed E-state index contributed by atoms with van der Waals surface area (Å²) in [6, 6.07) is 7.51. The molecular formula is C10H11FO2. The van der Waals surface area contributed by atoms with E-state index in [1.54, 1.807) is 6.07 Å². The molecule has 0 radical (unpaired) electrons. The van der Waals surface area contributed by atoms with Crippen LogP contribution in [0, 0.1) is 0 Å². The number of aliphatic hydroxyl groups excluding tert-OH is 1. The molecule has 3 heteroatoms. The van der Waals surface area contributed by atoms with Crippen LogP contribution in [-0.4, -0.2) is 17.6 Å². The SMILES string of the molecule is OC(F)C1CCc2ccccc2O1. The van der Waals surface area contributed by atoms with Crippen LogP contribution in [0.2, 0.25) is 0 Å². The average Bonchev–Trinajstić information content (AvgIpc) is 2.17. The molecule has 0 bridgehead atoms. The summed E-state index contributed by atoms with van der Waals surface area (Å²) in [6.07, 6.45) is -1.28. The van der Waals surface area contributed by atoms with Crippen molar-refractivity contribution in [3.63, 3.8) is 0 Å². The fourth-order valence-electron chi connectivity index (χ4n) is 1.54. The molecule has 1 aliphatic heterocycles. The van der Waals surface area contributed by atoms with Gasteiger partial charge < -0.3 is 9.84 Å². The van der Waals surface area contributed by atoms with E-state index in [2.05, 4.69) is 0 Å². The van der Waals surface area contributed by atoms with Crippen molar-refractivity contribution in [2.75, 3.05) is 0 Å². The Hall–Kier alpha value is -1.09. The maximum atomic E-state index is 12.5. The molecular weight excluding hydrogens is 171 g/mol. The molecule has 0 amide bonds. The van der Waals surface area contributed by atoms with Crippen molar-refractivity contribution in [3.05, 3.63) is 29.8 Å². The van der Waals surface area contributed by atoms with E-state index in [1.807, 2.05) is 18.2 Å². The van der Waals surface area contributed by atoms with Gasteiger partial charge in [0.2, 0.25) is 6.36 Å². The van der Waals surface area contributed by atoms with Crippen LogP contribution in [0.4, 0.5) is 4.39 Å². The zero-order valence-electron chi connectivity index (χ0n) is 7.11. The number of fused-ring (bicyclic) bond motifs is 1. The number of alkyl halides is 1. The highest BCUT2D eigenvalue weighted by Crippen LogP contribution is 2.28. The molecule has 0 spiro atoms.